The highest BCUT2D eigenvalue weighted by Gasteiger charge is 2.24. The molecule has 0 aliphatic heterocycles. The molecule has 0 amide bonds. The molecule has 1 unspecified atom stereocenters. The molecule has 3 rings (SSSR count). The SMILES string of the molecule is CC(C)CN(C[C@@H](O)[C@@H](N)Cc1ccccc1)S(=O)c1ccc2ncsc2c1. The molecular weight excluding hydrogens is 390 g/mol. The summed E-state index contributed by atoms with van der Waals surface area (Å²) in [5.41, 5.74) is 10.0. The van der Waals surface area contributed by atoms with Crippen LogP contribution in [-0.2, 0) is 17.4 Å². The molecule has 28 heavy (non-hydrogen) atoms. The molecule has 0 bridgehead atoms. The monoisotopic (exact) mass is 417 g/mol. The number of aliphatic hydroxyl groups excluding tert-OH is 1. The fraction of sp³-hybridized carbons (Fsp3) is 0.381. The number of aliphatic hydroxyl groups is 1. The second-order valence-electron chi connectivity index (χ2n) is 7.39. The number of aromatic nitrogens is 1. The molecule has 0 saturated carbocycles. The number of nitrogens with two attached hydrogens (primary N) is 1. The van der Waals surface area contributed by atoms with E-state index in [0.29, 0.717) is 18.9 Å². The van der Waals surface area contributed by atoms with Gasteiger partial charge in [-0.3, -0.25) is 0 Å². The van der Waals surface area contributed by atoms with Gasteiger partial charge in [0.15, 0.2) is 0 Å². The van der Waals surface area contributed by atoms with Gasteiger partial charge in [-0.15, -0.1) is 11.3 Å². The number of hydrogen-bond donors (Lipinski definition) is 2. The normalized spacial score (nSPS) is 15.2. The van der Waals surface area contributed by atoms with Gasteiger partial charge in [0.25, 0.3) is 0 Å². The van der Waals surface area contributed by atoms with Crippen molar-refractivity contribution >= 4 is 32.5 Å². The minimum Gasteiger partial charge on any atom is -0.390 e. The first-order valence-corrected chi connectivity index (χ1v) is 11.4. The topological polar surface area (TPSA) is 79.5 Å². The molecule has 0 saturated heterocycles. The lowest BCUT2D eigenvalue weighted by Gasteiger charge is -2.28. The van der Waals surface area contributed by atoms with E-state index in [-0.39, 0.29) is 6.54 Å². The van der Waals surface area contributed by atoms with Crippen LogP contribution in [-0.4, -0.2) is 43.8 Å². The third kappa shape index (κ3) is 5.46. The molecule has 0 aliphatic rings. The Hall–Kier alpha value is -1.64. The lowest BCUT2D eigenvalue weighted by molar-refractivity contribution is 0.118. The highest BCUT2D eigenvalue weighted by atomic mass is 32.2. The van der Waals surface area contributed by atoms with E-state index >= 15 is 0 Å². The zero-order valence-corrected chi connectivity index (χ0v) is 17.8. The molecule has 0 fully saturated rings. The molecule has 3 aromatic rings. The van der Waals surface area contributed by atoms with Crippen molar-refractivity contribution in [2.24, 2.45) is 11.7 Å². The highest BCUT2D eigenvalue weighted by Crippen LogP contribution is 2.23. The largest absolute Gasteiger partial charge is 0.390 e. The van der Waals surface area contributed by atoms with Crippen LogP contribution in [0.3, 0.4) is 0 Å². The lowest BCUT2D eigenvalue weighted by atomic mass is 10.0. The van der Waals surface area contributed by atoms with E-state index < -0.39 is 23.1 Å². The van der Waals surface area contributed by atoms with Crippen molar-refractivity contribution in [3.8, 4) is 0 Å². The quantitative estimate of drug-likeness (QED) is 0.560. The number of hydrogen-bond acceptors (Lipinski definition) is 5. The zero-order valence-electron chi connectivity index (χ0n) is 16.2. The molecule has 7 heteroatoms. The highest BCUT2D eigenvalue weighted by molar-refractivity contribution is 7.82. The van der Waals surface area contributed by atoms with Crippen molar-refractivity contribution < 1.29 is 9.32 Å². The Kier molecular flexibility index (Phi) is 7.31. The Morgan fingerprint density at radius 2 is 1.93 bits per heavy atom. The van der Waals surface area contributed by atoms with Crippen LogP contribution in [0.5, 0.6) is 0 Å². The Balaban J connectivity index is 1.72. The Morgan fingerprint density at radius 3 is 2.64 bits per heavy atom. The summed E-state index contributed by atoms with van der Waals surface area (Å²) in [7, 11) is -1.37. The average Bonchev–Trinajstić information content (AvgIpc) is 3.15. The van der Waals surface area contributed by atoms with Gasteiger partial charge >= 0.3 is 0 Å². The van der Waals surface area contributed by atoms with E-state index in [1.807, 2.05) is 52.8 Å². The minimum atomic E-state index is -1.37. The molecule has 3 N–H and O–H groups in total. The molecule has 1 heterocycles. The number of nitrogens with zero attached hydrogens (tertiary/aromatic N) is 2. The lowest BCUT2D eigenvalue weighted by Crippen LogP contribution is -2.46. The van der Waals surface area contributed by atoms with Crippen LogP contribution >= 0.6 is 11.3 Å². The first-order valence-electron chi connectivity index (χ1n) is 9.41. The van der Waals surface area contributed by atoms with Crippen LogP contribution in [0.1, 0.15) is 19.4 Å². The minimum absolute atomic E-state index is 0.263. The molecule has 2 aromatic carbocycles. The van der Waals surface area contributed by atoms with Crippen LogP contribution in [0, 0.1) is 5.92 Å². The predicted octanol–water partition coefficient (Wildman–Crippen LogP) is 3.21. The summed E-state index contributed by atoms with van der Waals surface area (Å²) < 4.78 is 16.1. The van der Waals surface area contributed by atoms with Crippen LogP contribution in [0.25, 0.3) is 10.2 Å². The summed E-state index contributed by atoms with van der Waals surface area (Å²) in [5, 5.41) is 10.7. The first-order chi connectivity index (χ1) is 13.4. The summed E-state index contributed by atoms with van der Waals surface area (Å²) >= 11 is 1.53. The molecular formula is C21H27N3O2S2. The fourth-order valence-corrected chi connectivity index (χ4v) is 5.29. The molecule has 0 radical (unpaired) electrons. The smallest absolute Gasteiger partial charge is 0.127 e. The van der Waals surface area contributed by atoms with Gasteiger partial charge in [0.05, 0.1) is 26.7 Å². The number of fused-ring (bicyclic) bond motifs is 1. The van der Waals surface area contributed by atoms with Gasteiger partial charge in [-0.25, -0.2) is 13.5 Å². The van der Waals surface area contributed by atoms with Gasteiger partial charge in [-0.05, 0) is 36.1 Å². The van der Waals surface area contributed by atoms with Crippen molar-refractivity contribution in [3.63, 3.8) is 0 Å². The van der Waals surface area contributed by atoms with E-state index in [0.717, 1.165) is 20.7 Å². The van der Waals surface area contributed by atoms with Crippen LogP contribution < -0.4 is 5.73 Å². The number of benzene rings is 2. The maximum Gasteiger partial charge on any atom is 0.127 e. The van der Waals surface area contributed by atoms with Gasteiger partial charge in [0.2, 0.25) is 0 Å². The van der Waals surface area contributed by atoms with E-state index in [1.54, 1.807) is 5.51 Å². The van der Waals surface area contributed by atoms with Crippen molar-refractivity contribution in [1.82, 2.24) is 9.29 Å². The van der Waals surface area contributed by atoms with Crippen LogP contribution in [0.4, 0.5) is 0 Å². The van der Waals surface area contributed by atoms with E-state index in [1.165, 1.54) is 11.3 Å². The second kappa shape index (κ2) is 9.71. The second-order valence-corrected chi connectivity index (χ2v) is 9.77. The number of thiazole rings is 1. The Labute approximate surface area is 172 Å². The van der Waals surface area contributed by atoms with Gasteiger partial charge in [0.1, 0.15) is 11.0 Å². The third-order valence-corrected chi connectivity index (χ3v) is 6.72. The zero-order chi connectivity index (χ0) is 20.1. The summed E-state index contributed by atoms with van der Waals surface area (Å²) in [6.07, 6.45) is -0.188. The van der Waals surface area contributed by atoms with E-state index in [4.69, 9.17) is 5.73 Å². The Bertz CT molecular complexity index is 914. The molecule has 3 atom stereocenters. The Morgan fingerprint density at radius 1 is 1.18 bits per heavy atom. The third-order valence-electron chi connectivity index (χ3n) is 4.51. The molecule has 0 aliphatic carbocycles. The van der Waals surface area contributed by atoms with Gasteiger partial charge in [-0.2, -0.15) is 0 Å². The number of rotatable bonds is 9. The maximum atomic E-state index is 13.2. The summed E-state index contributed by atoms with van der Waals surface area (Å²) in [6, 6.07) is 15.1. The average molecular weight is 418 g/mol. The van der Waals surface area contributed by atoms with Gasteiger partial charge < -0.3 is 10.8 Å². The van der Waals surface area contributed by atoms with Crippen LogP contribution in [0.2, 0.25) is 0 Å². The summed E-state index contributed by atoms with van der Waals surface area (Å²) in [6.45, 7) is 5.03. The molecule has 1 aromatic heterocycles. The van der Waals surface area contributed by atoms with Crippen molar-refractivity contribution in [1.29, 1.82) is 0 Å². The van der Waals surface area contributed by atoms with Crippen molar-refractivity contribution in [3.05, 3.63) is 59.6 Å². The summed E-state index contributed by atoms with van der Waals surface area (Å²) in [5.74, 6) is 0.314. The van der Waals surface area contributed by atoms with E-state index in [9.17, 15) is 9.32 Å². The van der Waals surface area contributed by atoms with Crippen molar-refractivity contribution in [2.75, 3.05) is 13.1 Å². The van der Waals surface area contributed by atoms with Gasteiger partial charge in [-0.1, -0.05) is 44.2 Å². The fourth-order valence-electron chi connectivity index (χ4n) is 3.08. The first kappa shape index (κ1) is 21.1. The van der Waals surface area contributed by atoms with Gasteiger partial charge in [0, 0.05) is 19.1 Å². The molecule has 150 valence electrons. The van der Waals surface area contributed by atoms with Crippen molar-refractivity contribution in [2.45, 2.75) is 37.3 Å². The maximum absolute atomic E-state index is 13.2. The molecule has 0 spiro atoms. The predicted molar refractivity (Wildman–Crippen MR) is 117 cm³/mol. The van der Waals surface area contributed by atoms with Crippen LogP contribution in [0.15, 0.2) is 58.9 Å². The molecule has 5 nitrogen and oxygen atoms in total. The van der Waals surface area contributed by atoms with E-state index in [2.05, 4.69) is 18.8 Å². The summed E-state index contributed by atoms with van der Waals surface area (Å²) in [4.78, 5) is 5.00. The standard InChI is InChI=1S/C21H27N3O2S2/c1-15(2)12-24(13-20(25)18(22)10-16-6-4-3-5-7-16)28(26)17-8-9-19-21(11-17)27-14-23-19/h3-9,11,14-15,18,20,25H,10,12-13,22H2,1-2H3/t18-,20+,28?/m0/s1.